The lowest BCUT2D eigenvalue weighted by atomic mass is 9.97. The van der Waals surface area contributed by atoms with E-state index in [-0.39, 0.29) is 18.4 Å². The normalized spacial score (nSPS) is 20.0. The van der Waals surface area contributed by atoms with Crippen molar-refractivity contribution in [1.82, 2.24) is 15.5 Å². The van der Waals surface area contributed by atoms with Gasteiger partial charge in [-0.05, 0) is 25.3 Å². The summed E-state index contributed by atoms with van der Waals surface area (Å²) in [6.45, 7) is 8.39. The van der Waals surface area contributed by atoms with Crippen molar-refractivity contribution in [2.24, 2.45) is 5.92 Å². The molecule has 1 aliphatic heterocycles. The van der Waals surface area contributed by atoms with Crippen molar-refractivity contribution in [2.45, 2.75) is 39.7 Å². The predicted octanol–water partition coefficient (Wildman–Crippen LogP) is 0.359. The van der Waals surface area contributed by atoms with Crippen LogP contribution in [0.15, 0.2) is 0 Å². The first kappa shape index (κ1) is 15.0. The van der Waals surface area contributed by atoms with Gasteiger partial charge in [0.25, 0.3) is 0 Å². The molecule has 1 saturated heterocycles. The predicted molar refractivity (Wildman–Crippen MR) is 71.1 cm³/mol. The molecular formula is C13H25N3O2. The van der Waals surface area contributed by atoms with E-state index in [1.54, 1.807) is 0 Å². The van der Waals surface area contributed by atoms with E-state index in [2.05, 4.69) is 24.5 Å². The zero-order valence-electron chi connectivity index (χ0n) is 11.7. The van der Waals surface area contributed by atoms with Crippen molar-refractivity contribution in [3.05, 3.63) is 0 Å². The second-order valence-electron chi connectivity index (χ2n) is 5.32. The molecule has 1 rings (SSSR count). The highest BCUT2D eigenvalue weighted by Crippen LogP contribution is 2.15. The fourth-order valence-corrected chi connectivity index (χ4v) is 2.17. The second-order valence-corrected chi connectivity index (χ2v) is 5.32. The fourth-order valence-electron chi connectivity index (χ4n) is 2.17. The van der Waals surface area contributed by atoms with Gasteiger partial charge in [-0.3, -0.25) is 9.59 Å². The molecular weight excluding hydrogens is 230 g/mol. The number of nitrogens with zero attached hydrogens (tertiary/aromatic N) is 1. The van der Waals surface area contributed by atoms with Crippen molar-refractivity contribution >= 4 is 11.8 Å². The first-order valence-electron chi connectivity index (χ1n) is 6.74. The maximum Gasteiger partial charge on any atom is 0.241 e. The van der Waals surface area contributed by atoms with Crippen LogP contribution in [0.2, 0.25) is 0 Å². The Morgan fingerprint density at radius 3 is 2.72 bits per heavy atom. The summed E-state index contributed by atoms with van der Waals surface area (Å²) in [6.07, 6.45) is 2.22. The van der Waals surface area contributed by atoms with Gasteiger partial charge in [-0.2, -0.15) is 0 Å². The largest absolute Gasteiger partial charge is 0.347 e. The number of rotatable bonds is 5. The summed E-state index contributed by atoms with van der Waals surface area (Å²) in [5.74, 6) is 0.403. The molecule has 2 amide bonds. The Hall–Kier alpha value is -1.10. The number of carbonyl (C=O) groups is 2. The number of hydrogen-bond donors (Lipinski definition) is 2. The molecule has 1 aliphatic rings. The van der Waals surface area contributed by atoms with E-state index in [4.69, 9.17) is 0 Å². The molecule has 2 N–H and O–H groups in total. The Bertz CT molecular complexity index is 292. The quantitative estimate of drug-likeness (QED) is 0.745. The lowest BCUT2D eigenvalue weighted by Crippen LogP contribution is -2.47. The van der Waals surface area contributed by atoms with Gasteiger partial charge < -0.3 is 15.5 Å². The van der Waals surface area contributed by atoms with Gasteiger partial charge in [0.05, 0.1) is 6.54 Å². The summed E-state index contributed by atoms with van der Waals surface area (Å²) in [4.78, 5) is 24.5. The highest BCUT2D eigenvalue weighted by molar-refractivity contribution is 5.83. The van der Waals surface area contributed by atoms with E-state index in [0.29, 0.717) is 12.0 Å². The van der Waals surface area contributed by atoms with Crippen LogP contribution in [0.4, 0.5) is 0 Å². The van der Waals surface area contributed by atoms with Crippen LogP contribution in [-0.2, 0) is 9.59 Å². The second kappa shape index (κ2) is 7.36. The van der Waals surface area contributed by atoms with E-state index in [9.17, 15) is 9.59 Å². The topological polar surface area (TPSA) is 61.4 Å². The number of hydrogen-bond acceptors (Lipinski definition) is 3. The minimum atomic E-state index is -0.154. The molecule has 5 heteroatoms. The first-order valence-corrected chi connectivity index (χ1v) is 6.74. The van der Waals surface area contributed by atoms with Crippen molar-refractivity contribution in [3.63, 3.8) is 0 Å². The molecule has 1 heterocycles. The van der Waals surface area contributed by atoms with Gasteiger partial charge in [0.1, 0.15) is 0 Å². The van der Waals surface area contributed by atoms with Gasteiger partial charge in [-0.25, -0.2) is 0 Å². The van der Waals surface area contributed by atoms with Gasteiger partial charge >= 0.3 is 0 Å². The molecule has 104 valence electrons. The van der Waals surface area contributed by atoms with Crippen LogP contribution in [0.5, 0.6) is 0 Å². The van der Waals surface area contributed by atoms with E-state index >= 15 is 0 Å². The van der Waals surface area contributed by atoms with Gasteiger partial charge in [0, 0.05) is 26.1 Å². The van der Waals surface area contributed by atoms with Crippen LogP contribution in [0, 0.1) is 5.92 Å². The summed E-state index contributed by atoms with van der Waals surface area (Å²) in [6, 6.07) is 0.482. The van der Waals surface area contributed by atoms with E-state index in [0.717, 1.165) is 26.1 Å². The molecule has 0 aliphatic carbocycles. The molecule has 1 atom stereocenters. The Morgan fingerprint density at radius 2 is 2.11 bits per heavy atom. The third-order valence-electron chi connectivity index (χ3n) is 3.18. The average Bonchev–Trinajstić information content (AvgIpc) is 2.33. The first-order chi connectivity index (χ1) is 8.49. The Balaban J connectivity index is 2.33. The van der Waals surface area contributed by atoms with Crippen molar-refractivity contribution in [3.8, 4) is 0 Å². The monoisotopic (exact) mass is 255 g/mol. The van der Waals surface area contributed by atoms with Crippen LogP contribution in [0.1, 0.15) is 33.6 Å². The highest BCUT2D eigenvalue weighted by Gasteiger charge is 2.23. The van der Waals surface area contributed by atoms with Gasteiger partial charge in [-0.15, -0.1) is 0 Å². The van der Waals surface area contributed by atoms with Crippen molar-refractivity contribution < 1.29 is 9.59 Å². The SMILES string of the molecule is CC(=O)NCC(=O)N1CCCC(CNC(C)C)C1. The molecule has 0 aromatic heterocycles. The van der Waals surface area contributed by atoms with Crippen LogP contribution >= 0.6 is 0 Å². The third-order valence-corrected chi connectivity index (χ3v) is 3.18. The van der Waals surface area contributed by atoms with E-state index in [1.807, 2.05) is 4.90 Å². The summed E-state index contributed by atoms with van der Waals surface area (Å²) in [5.41, 5.74) is 0. The molecule has 1 unspecified atom stereocenters. The molecule has 0 spiro atoms. The summed E-state index contributed by atoms with van der Waals surface area (Å²) in [5, 5.41) is 5.98. The van der Waals surface area contributed by atoms with Gasteiger partial charge in [0.2, 0.25) is 11.8 Å². The van der Waals surface area contributed by atoms with Crippen molar-refractivity contribution in [1.29, 1.82) is 0 Å². The van der Waals surface area contributed by atoms with Crippen LogP contribution in [-0.4, -0.2) is 48.9 Å². The maximum atomic E-state index is 11.9. The lowest BCUT2D eigenvalue weighted by molar-refractivity contribution is -0.134. The van der Waals surface area contributed by atoms with Crippen LogP contribution in [0.25, 0.3) is 0 Å². The van der Waals surface area contributed by atoms with Crippen LogP contribution < -0.4 is 10.6 Å². The zero-order chi connectivity index (χ0) is 13.5. The lowest BCUT2D eigenvalue weighted by Gasteiger charge is -2.33. The minimum Gasteiger partial charge on any atom is -0.347 e. The zero-order valence-corrected chi connectivity index (χ0v) is 11.7. The molecule has 0 aromatic rings. The summed E-state index contributed by atoms with van der Waals surface area (Å²) in [7, 11) is 0. The van der Waals surface area contributed by atoms with E-state index in [1.165, 1.54) is 13.3 Å². The molecule has 5 nitrogen and oxygen atoms in total. The Kier molecular flexibility index (Phi) is 6.12. The standard InChI is InChI=1S/C13H25N3O2/c1-10(2)14-7-12-5-4-6-16(9-12)13(18)8-15-11(3)17/h10,12,14H,4-9H2,1-3H3,(H,15,17). The number of amides is 2. The Morgan fingerprint density at radius 1 is 1.39 bits per heavy atom. The smallest absolute Gasteiger partial charge is 0.241 e. The molecule has 0 aromatic carbocycles. The molecule has 0 saturated carbocycles. The Labute approximate surface area is 109 Å². The fraction of sp³-hybridized carbons (Fsp3) is 0.846. The van der Waals surface area contributed by atoms with Crippen molar-refractivity contribution in [2.75, 3.05) is 26.2 Å². The third kappa shape index (κ3) is 5.49. The van der Waals surface area contributed by atoms with E-state index < -0.39 is 0 Å². The maximum absolute atomic E-state index is 11.9. The number of nitrogens with one attached hydrogen (secondary N) is 2. The molecule has 0 radical (unpaired) electrons. The minimum absolute atomic E-state index is 0.0273. The number of likely N-dealkylation sites (tertiary alicyclic amines) is 1. The summed E-state index contributed by atoms with van der Waals surface area (Å²) < 4.78 is 0. The molecule has 18 heavy (non-hydrogen) atoms. The molecule has 0 bridgehead atoms. The number of carbonyl (C=O) groups excluding carboxylic acids is 2. The molecule has 1 fully saturated rings. The van der Waals surface area contributed by atoms with Gasteiger partial charge in [-0.1, -0.05) is 13.8 Å². The average molecular weight is 255 g/mol. The number of piperidine rings is 1. The van der Waals surface area contributed by atoms with Crippen LogP contribution in [0.3, 0.4) is 0 Å². The highest BCUT2D eigenvalue weighted by atomic mass is 16.2. The van der Waals surface area contributed by atoms with Gasteiger partial charge in [0.15, 0.2) is 0 Å². The summed E-state index contributed by atoms with van der Waals surface area (Å²) >= 11 is 0.